The average molecular weight is 246 g/mol. The maximum Gasteiger partial charge on any atom is 0.251 e. The number of nitrogens with one attached hydrogen (secondary N) is 1. The molecule has 2 rings (SSSR count). The molecule has 2 unspecified atom stereocenters. The van der Waals surface area contributed by atoms with Gasteiger partial charge in [-0.05, 0) is 19.3 Å². The molecule has 1 aliphatic rings. The Hall–Kier alpha value is -1.30. The minimum atomic E-state index is -1.30. The third-order valence-electron chi connectivity index (χ3n) is 2.96. The van der Waals surface area contributed by atoms with Gasteiger partial charge in [0, 0.05) is 13.2 Å². The van der Waals surface area contributed by atoms with Gasteiger partial charge in [-0.15, -0.1) is 0 Å². The molecule has 17 heavy (non-hydrogen) atoms. The molecule has 0 aliphatic heterocycles. The Balaban J connectivity index is 2.15. The second kappa shape index (κ2) is 4.91. The quantitative estimate of drug-likeness (QED) is 0.832. The van der Waals surface area contributed by atoms with Gasteiger partial charge in [0.25, 0.3) is 5.95 Å². The van der Waals surface area contributed by atoms with E-state index in [0.717, 1.165) is 19.3 Å². The highest BCUT2D eigenvalue weighted by atomic mass is 19.2. The van der Waals surface area contributed by atoms with E-state index in [-0.39, 0.29) is 18.0 Å². The lowest BCUT2D eigenvalue weighted by Crippen LogP contribution is -2.30. The predicted octanol–water partition coefficient (Wildman–Crippen LogP) is 2.48. The predicted molar refractivity (Wildman–Crippen MR) is 56.2 cm³/mol. The summed E-state index contributed by atoms with van der Waals surface area (Å²) in [7, 11) is 1.57. The zero-order valence-corrected chi connectivity index (χ0v) is 9.34. The zero-order chi connectivity index (χ0) is 12.4. The Morgan fingerprint density at radius 2 is 2.06 bits per heavy atom. The van der Waals surface area contributed by atoms with Crippen LogP contribution in [0.3, 0.4) is 0 Å². The molecule has 1 heterocycles. The van der Waals surface area contributed by atoms with Gasteiger partial charge in [0.2, 0.25) is 0 Å². The van der Waals surface area contributed by atoms with E-state index in [1.165, 1.54) is 0 Å². The third-order valence-corrected chi connectivity index (χ3v) is 2.96. The van der Waals surface area contributed by atoms with E-state index in [0.29, 0.717) is 6.07 Å². The van der Waals surface area contributed by atoms with Gasteiger partial charge in [-0.2, -0.15) is 9.37 Å². The van der Waals surface area contributed by atoms with Gasteiger partial charge >= 0.3 is 0 Å². The minimum Gasteiger partial charge on any atom is -0.379 e. The smallest absolute Gasteiger partial charge is 0.251 e. The van der Waals surface area contributed by atoms with Gasteiger partial charge < -0.3 is 10.1 Å². The Kier molecular flexibility index (Phi) is 3.51. The van der Waals surface area contributed by atoms with Gasteiger partial charge in [-0.1, -0.05) is 0 Å². The van der Waals surface area contributed by atoms with E-state index in [2.05, 4.69) is 10.3 Å². The van der Waals surface area contributed by atoms with E-state index < -0.39 is 17.6 Å². The van der Waals surface area contributed by atoms with E-state index in [4.69, 9.17) is 4.74 Å². The lowest BCUT2D eigenvalue weighted by molar-refractivity contribution is 0.101. The molecule has 0 radical (unpaired) electrons. The molecule has 0 spiro atoms. The Morgan fingerprint density at radius 3 is 2.76 bits per heavy atom. The number of ether oxygens (including phenoxy) is 1. The highest BCUT2D eigenvalue weighted by Gasteiger charge is 2.28. The molecule has 0 amide bonds. The lowest BCUT2D eigenvalue weighted by Gasteiger charge is -2.20. The molecule has 0 aromatic carbocycles. The topological polar surface area (TPSA) is 34.1 Å². The van der Waals surface area contributed by atoms with Crippen LogP contribution in [0.4, 0.5) is 19.0 Å². The van der Waals surface area contributed by atoms with Crippen LogP contribution in [-0.4, -0.2) is 24.2 Å². The molecule has 0 bridgehead atoms. The summed E-state index contributed by atoms with van der Waals surface area (Å²) in [6, 6.07) is 0.369. The highest BCUT2D eigenvalue weighted by Crippen LogP contribution is 2.25. The van der Waals surface area contributed by atoms with E-state index in [1.807, 2.05) is 0 Å². The van der Waals surface area contributed by atoms with Gasteiger partial charge in [0.05, 0.1) is 12.1 Å². The number of halogens is 3. The average Bonchev–Trinajstić information content (AvgIpc) is 2.73. The van der Waals surface area contributed by atoms with Crippen LogP contribution in [0.5, 0.6) is 0 Å². The van der Waals surface area contributed by atoms with Crippen molar-refractivity contribution in [2.75, 3.05) is 12.4 Å². The summed E-state index contributed by atoms with van der Waals surface area (Å²) in [4.78, 5) is 3.22. The minimum absolute atomic E-state index is 0.0516. The fourth-order valence-electron chi connectivity index (χ4n) is 2.09. The van der Waals surface area contributed by atoms with Crippen molar-refractivity contribution in [3.8, 4) is 0 Å². The molecule has 6 heteroatoms. The van der Waals surface area contributed by atoms with Crippen LogP contribution in [0.15, 0.2) is 6.07 Å². The van der Waals surface area contributed by atoms with Crippen molar-refractivity contribution in [2.24, 2.45) is 0 Å². The SMILES string of the molecule is COC1CCCC1Nc1nc(F)c(F)cc1F. The van der Waals surface area contributed by atoms with Crippen LogP contribution >= 0.6 is 0 Å². The number of hydrogen-bond donors (Lipinski definition) is 1. The van der Waals surface area contributed by atoms with Crippen LogP contribution in [0.1, 0.15) is 19.3 Å². The summed E-state index contributed by atoms with van der Waals surface area (Å²) >= 11 is 0. The second-order valence-electron chi connectivity index (χ2n) is 4.05. The van der Waals surface area contributed by atoms with E-state index >= 15 is 0 Å². The van der Waals surface area contributed by atoms with Crippen molar-refractivity contribution in [1.82, 2.24) is 4.98 Å². The molecule has 1 fully saturated rings. The number of anilines is 1. The molecule has 1 saturated carbocycles. The Bertz CT molecular complexity index is 414. The molecule has 94 valence electrons. The fourth-order valence-corrected chi connectivity index (χ4v) is 2.09. The second-order valence-corrected chi connectivity index (χ2v) is 4.05. The first-order valence-electron chi connectivity index (χ1n) is 5.42. The summed E-state index contributed by atoms with van der Waals surface area (Å²) in [5, 5.41) is 2.76. The number of methoxy groups -OCH3 is 1. The molecule has 1 aliphatic carbocycles. The Labute approximate surface area is 97.0 Å². The van der Waals surface area contributed by atoms with Gasteiger partial charge in [-0.25, -0.2) is 8.78 Å². The maximum absolute atomic E-state index is 13.3. The monoisotopic (exact) mass is 246 g/mol. The number of rotatable bonds is 3. The van der Waals surface area contributed by atoms with Crippen LogP contribution < -0.4 is 5.32 Å². The zero-order valence-electron chi connectivity index (χ0n) is 9.34. The van der Waals surface area contributed by atoms with Gasteiger partial charge in [0.15, 0.2) is 17.5 Å². The number of aromatic nitrogens is 1. The molecular formula is C11H13F3N2O. The van der Waals surface area contributed by atoms with E-state index in [9.17, 15) is 13.2 Å². The van der Waals surface area contributed by atoms with Crippen molar-refractivity contribution < 1.29 is 17.9 Å². The molecular weight excluding hydrogens is 233 g/mol. The normalized spacial score (nSPS) is 24.0. The first-order valence-corrected chi connectivity index (χ1v) is 5.42. The Morgan fingerprint density at radius 1 is 1.29 bits per heavy atom. The molecule has 1 aromatic rings. The maximum atomic E-state index is 13.3. The van der Waals surface area contributed by atoms with Gasteiger partial charge in [-0.3, -0.25) is 0 Å². The largest absolute Gasteiger partial charge is 0.379 e. The number of hydrogen-bond acceptors (Lipinski definition) is 3. The van der Waals surface area contributed by atoms with Crippen LogP contribution in [-0.2, 0) is 4.74 Å². The molecule has 1 N–H and O–H groups in total. The summed E-state index contributed by atoms with van der Waals surface area (Å²) in [5.41, 5.74) is 0. The van der Waals surface area contributed by atoms with Crippen LogP contribution in [0.25, 0.3) is 0 Å². The summed E-state index contributed by atoms with van der Waals surface area (Å²) in [5.74, 6) is -3.76. The third kappa shape index (κ3) is 2.52. The summed E-state index contributed by atoms with van der Waals surface area (Å²) in [6.07, 6.45) is 2.55. The molecule has 1 aromatic heterocycles. The van der Waals surface area contributed by atoms with Crippen molar-refractivity contribution in [1.29, 1.82) is 0 Å². The number of nitrogens with zero attached hydrogens (tertiary/aromatic N) is 1. The first kappa shape index (κ1) is 12.2. The number of pyridine rings is 1. The summed E-state index contributed by atoms with van der Waals surface area (Å²) < 4.78 is 44.1. The highest BCUT2D eigenvalue weighted by molar-refractivity contribution is 5.38. The molecule has 0 saturated heterocycles. The van der Waals surface area contributed by atoms with Crippen LogP contribution in [0, 0.1) is 17.6 Å². The fraction of sp³-hybridized carbons (Fsp3) is 0.545. The molecule has 3 nitrogen and oxygen atoms in total. The van der Waals surface area contributed by atoms with Crippen molar-refractivity contribution >= 4 is 5.82 Å². The standard InChI is InChI=1S/C11H13F3N2O/c1-17-9-4-2-3-8(9)15-11-7(13)5-6(12)10(14)16-11/h5,8-9H,2-4H2,1H3,(H,15,16). The van der Waals surface area contributed by atoms with Crippen LogP contribution in [0.2, 0.25) is 0 Å². The van der Waals surface area contributed by atoms with Gasteiger partial charge in [0.1, 0.15) is 0 Å². The van der Waals surface area contributed by atoms with Crippen molar-refractivity contribution in [3.05, 3.63) is 23.6 Å². The van der Waals surface area contributed by atoms with Crippen molar-refractivity contribution in [3.63, 3.8) is 0 Å². The summed E-state index contributed by atoms with van der Waals surface area (Å²) in [6.45, 7) is 0. The lowest BCUT2D eigenvalue weighted by atomic mass is 10.2. The molecule has 2 atom stereocenters. The van der Waals surface area contributed by atoms with Crippen molar-refractivity contribution in [2.45, 2.75) is 31.4 Å². The van der Waals surface area contributed by atoms with E-state index in [1.54, 1.807) is 7.11 Å². The first-order chi connectivity index (χ1) is 8.11.